The van der Waals surface area contributed by atoms with Gasteiger partial charge in [-0.1, -0.05) is 23.4 Å². The number of halogens is 1. The standard InChI is InChI=1S/C14H11BrN2O5S3/c1-9-13(15)14(22-16-9)17-25(20,21)12-7-11(8-23-12)24(18,19)10-5-3-2-4-6-10/h2-8,17H,1H3. The number of nitrogens with zero attached hydrogens (tertiary/aromatic N) is 1. The number of thiophene rings is 1. The van der Waals surface area contributed by atoms with E-state index < -0.39 is 19.9 Å². The number of benzene rings is 1. The molecule has 0 aliphatic rings. The minimum absolute atomic E-state index is 0.0710. The molecule has 0 amide bonds. The van der Waals surface area contributed by atoms with Gasteiger partial charge in [-0.05, 0) is 41.1 Å². The summed E-state index contributed by atoms with van der Waals surface area (Å²) in [6, 6.07) is 8.92. The zero-order chi connectivity index (χ0) is 18.2. The van der Waals surface area contributed by atoms with E-state index >= 15 is 0 Å². The van der Waals surface area contributed by atoms with E-state index in [0.717, 1.165) is 17.4 Å². The van der Waals surface area contributed by atoms with Crippen LogP contribution < -0.4 is 4.72 Å². The molecule has 0 saturated heterocycles. The van der Waals surface area contributed by atoms with E-state index in [0.29, 0.717) is 10.2 Å². The molecule has 25 heavy (non-hydrogen) atoms. The lowest BCUT2D eigenvalue weighted by molar-refractivity contribution is 0.430. The SMILES string of the molecule is Cc1noc(NS(=O)(=O)c2cc(S(=O)(=O)c3ccccc3)cs2)c1Br. The molecular weight excluding hydrogens is 452 g/mol. The van der Waals surface area contributed by atoms with Crippen molar-refractivity contribution < 1.29 is 21.4 Å². The highest BCUT2D eigenvalue weighted by molar-refractivity contribution is 9.10. The van der Waals surface area contributed by atoms with Gasteiger partial charge in [0.05, 0.1) is 15.5 Å². The van der Waals surface area contributed by atoms with Crippen LogP contribution in [0, 0.1) is 6.92 Å². The van der Waals surface area contributed by atoms with E-state index in [2.05, 4.69) is 25.8 Å². The average molecular weight is 463 g/mol. The smallest absolute Gasteiger partial charge is 0.273 e. The average Bonchev–Trinajstić information content (AvgIpc) is 3.20. The predicted molar refractivity (Wildman–Crippen MR) is 96.0 cm³/mol. The quantitative estimate of drug-likeness (QED) is 0.622. The van der Waals surface area contributed by atoms with Gasteiger partial charge in [-0.2, -0.15) is 0 Å². The lowest BCUT2D eigenvalue weighted by Crippen LogP contribution is -2.11. The second-order valence-corrected chi connectivity index (χ2v) is 10.5. The van der Waals surface area contributed by atoms with Gasteiger partial charge in [0.15, 0.2) is 0 Å². The lowest BCUT2D eigenvalue weighted by atomic mass is 10.4. The minimum Gasteiger partial charge on any atom is -0.336 e. The molecule has 2 aromatic heterocycles. The van der Waals surface area contributed by atoms with E-state index in [-0.39, 0.29) is 19.9 Å². The molecule has 0 aliphatic carbocycles. The van der Waals surface area contributed by atoms with E-state index in [1.165, 1.54) is 17.5 Å². The number of rotatable bonds is 5. The van der Waals surface area contributed by atoms with Crippen molar-refractivity contribution in [2.45, 2.75) is 20.9 Å². The van der Waals surface area contributed by atoms with Crippen LogP contribution in [-0.4, -0.2) is 22.0 Å². The Kier molecular flexibility index (Phi) is 4.75. The van der Waals surface area contributed by atoms with Crippen LogP contribution in [0.2, 0.25) is 0 Å². The molecule has 0 unspecified atom stereocenters. The van der Waals surface area contributed by atoms with Crippen molar-refractivity contribution in [3.05, 3.63) is 51.9 Å². The van der Waals surface area contributed by atoms with E-state index in [4.69, 9.17) is 4.52 Å². The molecule has 1 N–H and O–H groups in total. The normalized spacial score (nSPS) is 12.2. The second kappa shape index (κ2) is 6.56. The molecule has 1 aromatic carbocycles. The zero-order valence-corrected chi connectivity index (χ0v) is 16.7. The summed E-state index contributed by atoms with van der Waals surface area (Å²) >= 11 is 3.97. The maximum atomic E-state index is 12.5. The summed E-state index contributed by atoms with van der Waals surface area (Å²) in [6.07, 6.45) is 0. The van der Waals surface area contributed by atoms with Crippen LogP contribution in [0.25, 0.3) is 0 Å². The highest BCUT2D eigenvalue weighted by Crippen LogP contribution is 2.32. The predicted octanol–water partition coefficient (Wildman–Crippen LogP) is 3.44. The number of sulfone groups is 1. The fourth-order valence-electron chi connectivity index (χ4n) is 1.91. The first kappa shape index (κ1) is 18.1. The van der Waals surface area contributed by atoms with Gasteiger partial charge >= 0.3 is 0 Å². The van der Waals surface area contributed by atoms with E-state index in [1.54, 1.807) is 25.1 Å². The first-order valence-corrected chi connectivity index (χ1v) is 11.4. The molecule has 0 aliphatic heterocycles. The number of nitrogens with one attached hydrogen (secondary N) is 1. The number of anilines is 1. The van der Waals surface area contributed by atoms with Gasteiger partial charge in [-0.3, -0.25) is 0 Å². The van der Waals surface area contributed by atoms with Crippen molar-refractivity contribution in [2.24, 2.45) is 0 Å². The van der Waals surface area contributed by atoms with Crippen LogP contribution in [0.5, 0.6) is 0 Å². The molecule has 0 bridgehead atoms. The molecule has 2 heterocycles. The Hall–Kier alpha value is -1.69. The molecule has 0 spiro atoms. The van der Waals surface area contributed by atoms with Gasteiger partial charge in [0.2, 0.25) is 9.84 Å². The van der Waals surface area contributed by atoms with Crippen LogP contribution in [0.1, 0.15) is 5.69 Å². The molecule has 11 heteroatoms. The Bertz CT molecular complexity index is 1120. The van der Waals surface area contributed by atoms with Crippen LogP contribution >= 0.6 is 27.3 Å². The van der Waals surface area contributed by atoms with Crippen LogP contribution in [0.3, 0.4) is 0 Å². The number of hydrogen-bond donors (Lipinski definition) is 1. The third-order valence-corrected chi connectivity index (χ3v) is 8.80. The van der Waals surface area contributed by atoms with Gasteiger partial charge < -0.3 is 4.52 Å². The second-order valence-electron chi connectivity index (χ2n) is 4.93. The summed E-state index contributed by atoms with van der Waals surface area (Å²) in [5.41, 5.74) is 0.483. The maximum Gasteiger partial charge on any atom is 0.273 e. The highest BCUT2D eigenvalue weighted by Gasteiger charge is 2.25. The molecular formula is C14H11BrN2O5S3. The van der Waals surface area contributed by atoms with Crippen molar-refractivity contribution in [1.29, 1.82) is 0 Å². The Morgan fingerprint density at radius 3 is 2.40 bits per heavy atom. The van der Waals surface area contributed by atoms with Gasteiger partial charge in [-0.15, -0.1) is 11.3 Å². The Labute approximate surface area is 156 Å². The summed E-state index contributed by atoms with van der Waals surface area (Å²) in [7, 11) is -7.79. The van der Waals surface area contributed by atoms with Crippen molar-refractivity contribution in [3.8, 4) is 0 Å². The maximum absolute atomic E-state index is 12.5. The zero-order valence-electron chi connectivity index (χ0n) is 12.6. The molecule has 3 aromatic rings. The number of sulfonamides is 1. The van der Waals surface area contributed by atoms with Crippen molar-refractivity contribution in [3.63, 3.8) is 0 Å². The molecule has 0 fully saturated rings. The van der Waals surface area contributed by atoms with Gasteiger partial charge in [0.1, 0.15) is 8.68 Å². The molecule has 0 atom stereocenters. The molecule has 0 radical (unpaired) electrons. The van der Waals surface area contributed by atoms with E-state index in [1.807, 2.05) is 0 Å². The topological polar surface area (TPSA) is 106 Å². The number of aryl methyl sites for hydroxylation is 1. The van der Waals surface area contributed by atoms with Crippen LogP contribution in [0.15, 0.2) is 64.8 Å². The first-order valence-electron chi connectivity index (χ1n) is 6.75. The molecule has 0 saturated carbocycles. The van der Waals surface area contributed by atoms with Crippen LogP contribution in [-0.2, 0) is 19.9 Å². The molecule has 7 nitrogen and oxygen atoms in total. The number of aromatic nitrogens is 1. The first-order chi connectivity index (χ1) is 11.7. The van der Waals surface area contributed by atoms with Crippen molar-refractivity contribution >= 4 is 53.0 Å². The third-order valence-electron chi connectivity index (χ3n) is 3.20. The summed E-state index contributed by atoms with van der Waals surface area (Å²) in [5, 5.41) is 4.93. The molecule has 3 rings (SSSR count). The van der Waals surface area contributed by atoms with Crippen molar-refractivity contribution in [1.82, 2.24) is 5.16 Å². The van der Waals surface area contributed by atoms with Crippen molar-refractivity contribution in [2.75, 3.05) is 4.72 Å². The Balaban J connectivity index is 1.94. The largest absolute Gasteiger partial charge is 0.336 e. The summed E-state index contributed by atoms with van der Waals surface area (Å²) in [4.78, 5) is 0.00945. The Morgan fingerprint density at radius 2 is 1.80 bits per heavy atom. The summed E-state index contributed by atoms with van der Waals surface area (Å²) in [5.74, 6) is -0.0710. The van der Waals surface area contributed by atoms with E-state index in [9.17, 15) is 16.8 Å². The number of hydrogen-bond acceptors (Lipinski definition) is 7. The summed E-state index contributed by atoms with van der Waals surface area (Å²) < 4.78 is 57.3. The van der Waals surface area contributed by atoms with Crippen LogP contribution in [0.4, 0.5) is 5.88 Å². The fraction of sp³-hybridized carbons (Fsp3) is 0.0714. The van der Waals surface area contributed by atoms with Gasteiger partial charge in [0.25, 0.3) is 15.9 Å². The lowest BCUT2D eigenvalue weighted by Gasteiger charge is -2.03. The Morgan fingerprint density at radius 1 is 1.12 bits per heavy atom. The third kappa shape index (κ3) is 3.50. The monoisotopic (exact) mass is 462 g/mol. The summed E-state index contributed by atoms with van der Waals surface area (Å²) in [6.45, 7) is 1.64. The fourth-order valence-corrected chi connectivity index (χ4v) is 6.19. The minimum atomic E-state index is -4.00. The molecule has 132 valence electrons. The van der Waals surface area contributed by atoms with Gasteiger partial charge in [-0.25, -0.2) is 21.6 Å². The highest BCUT2D eigenvalue weighted by atomic mass is 79.9. The van der Waals surface area contributed by atoms with Gasteiger partial charge in [0, 0.05) is 5.38 Å².